The zero-order chi connectivity index (χ0) is 37.5. The SMILES string of the molecule is c1ccc(-c2cc(-n3c4ccccc4c4c3ccc3c5ccccc5n(-c5nc(-c6ccccc6)nc(-c6ccccc6)n5)c34)c3oc4ccccc4c3c2)cc1. The zero-order valence-corrected chi connectivity index (χ0v) is 30.5. The molecule has 8 aromatic carbocycles. The Kier molecular flexibility index (Phi) is 6.83. The Hall–Kier alpha value is -7.83. The molecular weight excluding hydrogens is 699 g/mol. The summed E-state index contributed by atoms with van der Waals surface area (Å²) in [5.74, 6) is 1.79. The van der Waals surface area contributed by atoms with Gasteiger partial charge < -0.3 is 8.98 Å². The Bertz CT molecular complexity index is 3450. The van der Waals surface area contributed by atoms with E-state index in [-0.39, 0.29) is 0 Å². The summed E-state index contributed by atoms with van der Waals surface area (Å²) in [7, 11) is 0. The highest BCUT2D eigenvalue weighted by atomic mass is 16.3. The molecule has 0 saturated carbocycles. The molecule has 0 spiro atoms. The van der Waals surface area contributed by atoms with Gasteiger partial charge in [0, 0.05) is 43.4 Å². The predicted molar refractivity (Wildman–Crippen MR) is 232 cm³/mol. The van der Waals surface area contributed by atoms with Crippen LogP contribution in [0.4, 0.5) is 0 Å². The van der Waals surface area contributed by atoms with Gasteiger partial charge >= 0.3 is 0 Å². The van der Waals surface area contributed by atoms with E-state index < -0.39 is 0 Å². The molecule has 0 fully saturated rings. The van der Waals surface area contributed by atoms with Crippen LogP contribution in [0.5, 0.6) is 0 Å². The van der Waals surface area contributed by atoms with Crippen LogP contribution in [-0.2, 0) is 0 Å². The molecule has 266 valence electrons. The summed E-state index contributed by atoms with van der Waals surface area (Å²) < 4.78 is 11.4. The van der Waals surface area contributed by atoms with Crippen LogP contribution in [0.1, 0.15) is 0 Å². The summed E-state index contributed by atoms with van der Waals surface area (Å²) in [5.41, 5.74) is 11.0. The Balaban J connectivity index is 1.23. The van der Waals surface area contributed by atoms with E-state index in [0.29, 0.717) is 17.6 Å². The fraction of sp³-hybridized carbons (Fsp3) is 0. The average molecular weight is 730 g/mol. The lowest BCUT2D eigenvalue weighted by Gasteiger charge is -2.13. The number of para-hydroxylation sites is 3. The third-order valence-electron chi connectivity index (χ3n) is 11.2. The summed E-state index contributed by atoms with van der Waals surface area (Å²) in [5, 5.41) is 6.65. The highest BCUT2D eigenvalue weighted by Gasteiger charge is 2.25. The van der Waals surface area contributed by atoms with E-state index in [9.17, 15) is 0 Å². The molecule has 4 heterocycles. The molecule has 0 saturated heterocycles. The normalized spacial score (nSPS) is 11.9. The number of furan rings is 1. The van der Waals surface area contributed by atoms with E-state index >= 15 is 0 Å². The van der Waals surface area contributed by atoms with Gasteiger partial charge in [-0.2, -0.15) is 9.97 Å². The number of benzene rings is 8. The number of hydrogen-bond acceptors (Lipinski definition) is 4. The van der Waals surface area contributed by atoms with Gasteiger partial charge in [-0.25, -0.2) is 4.98 Å². The minimum atomic E-state index is 0.559. The van der Waals surface area contributed by atoms with Crippen molar-refractivity contribution >= 4 is 65.6 Å². The molecule has 0 atom stereocenters. The van der Waals surface area contributed by atoms with Crippen molar-refractivity contribution in [3.63, 3.8) is 0 Å². The van der Waals surface area contributed by atoms with Gasteiger partial charge in [0.05, 0.1) is 27.8 Å². The molecule has 6 nitrogen and oxygen atoms in total. The van der Waals surface area contributed by atoms with Crippen molar-refractivity contribution in [1.82, 2.24) is 24.1 Å². The summed E-state index contributed by atoms with van der Waals surface area (Å²) >= 11 is 0. The summed E-state index contributed by atoms with van der Waals surface area (Å²) in [6.07, 6.45) is 0. The highest BCUT2D eigenvalue weighted by Crippen LogP contribution is 2.44. The first kappa shape index (κ1) is 31.5. The fourth-order valence-corrected chi connectivity index (χ4v) is 8.65. The number of fused-ring (bicyclic) bond motifs is 10. The smallest absolute Gasteiger partial charge is 0.238 e. The molecule has 0 unspecified atom stereocenters. The summed E-state index contributed by atoms with van der Waals surface area (Å²) in [4.78, 5) is 15.5. The van der Waals surface area contributed by atoms with Crippen molar-refractivity contribution in [2.24, 2.45) is 0 Å². The van der Waals surface area contributed by atoms with E-state index in [0.717, 1.165) is 93.5 Å². The zero-order valence-electron chi connectivity index (χ0n) is 30.5. The lowest BCUT2D eigenvalue weighted by Crippen LogP contribution is -2.06. The van der Waals surface area contributed by atoms with Crippen LogP contribution >= 0.6 is 0 Å². The number of rotatable bonds is 5. The van der Waals surface area contributed by atoms with Gasteiger partial charge in [-0.1, -0.05) is 152 Å². The minimum absolute atomic E-state index is 0.559. The first-order valence-corrected chi connectivity index (χ1v) is 19.1. The molecule has 6 heteroatoms. The van der Waals surface area contributed by atoms with Crippen molar-refractivity contribution in [2.45, 2.75) is 0 Å². The van der Waals surface area contributed by atoms with Crippen LogP contribution in [0.25, 0.3) is 111 Å². The molecule has 0 bridgehead atoms. The quantitative estimate of drug-likeness (QED) is 0.177. The Morgan fingerprint density at radius 3 is 1.61 bits per heavy atom. The van der Waals surface area contributed by atoms with Crippen LogP contribution in [0.2, 0.25) is 0 Å². The molecule has 12 aromatic rings. The minimum Gasteiger partial charge on any atom is -0.454 e. The van der Waals surface area contributed by atoms with E-state index in [1.807, 2.05) is 66.7 Å². The highest BCUT2D eigenvalue weighted by molar-refractivity contribution is 6.26. The molecule has 0 N–H and O–H groups in total. The Morgan fingerprint density at radius 1 is 0.368 bits per heavy atom. The third-order valence-corrected chi connectivity index (χ3v) is 11.2. The van der Waals surface area contributed by atoms with E-state index in [1.165, 1.54) is 0 Å². The first-order chi connectivity index (χ1) is 28.3. The third kappa shape index (κ3) is 4.81. The monoisotopic (exact) mass is 729 g/mol. The second-order valence-corrected chi connectivity index (χ2v) is 14.4. The van der Waals surface area contributed by atoms with Crippen molar-refractivity contribution in [1.29, 1.82) is 0 Å². The van der Waals surface area contributed by atoms with Gasteiger partial charge in [0.25, 0.3) is 0 Å². The molecule has 0 aliphatic rings. The summed E-state index contributed by atoms with van der Waals surface area (Å²) in [6, 6.07) is 65.5. The average Bonchev–Trinajstić information content (AvgIpc) is 3.95. The van der Waals surface area contributed by atoms with Gasteiger partial charge in [0.15, 0.2) is 17.2 Å². The van der Waals surface area contributed by atoms with Gasteiger partial charge in [0.1, 0.15) is 5.58 Å². The number of aromatic nitrogens is 5. The molecule has 12 rings (SSSR count). The predicted octanol–water partition coefficient (Wildman–Crippen LogP) is 13.0. The van der Waals surface area contributed by atoms with E-state index in [2.05, 4.69) is 130 Å². The van der Waals surface area contributed by atoms with Crippen LogP contribution in [0.3, 0.4) is 0 Å². The Labute approximate surface area is 326 Å². The number of hydrogen-bond donors (Lipinski definition) is 0. The second kappa shape index (κ2) is 12.3. The van der Waals surface area contributed by atoms with Crippen LogP contribution in [0, 0.1) is 0 Å². The molecule has 57 heavy (non-hydrogen) atoms. The van der Waals surface area contributed by atoms with Gasteiger partial charge in [-0.05, 0) is 47.5 Å². The molecule has 0 amide bonds. The van der Waals surface area contributed by atoms with Crippen LogP contribution < -0.4 is 0 Å². The second-order valence-electron chi connectivity index (χ2n) is 14.4. The van der Waals surface area contributed by atoms with Crippen molar-refractivity contribution in [2.75, 3.05) is 0 Å². The van der Waals surface area contributed by atoms with Gasteiger partial charge in [0.2, 0.25) is 5.95 Å². The topological polar surface area (TPSA) is 61.7 Å². The fourth-order valence-electron chi connectivity index (χ4n) is 8.65. The Morgan fingerprint density at radius 2 is 0.930 bits per heavy atom. The maximum absolute atomic E-state index is 6.78. The molecule has 0 radical (unpaired) electrons. The van der Waals surface area contributed by atoms with Crippen molar-refractivity contribution < 1.29 is 4.42 Å². The van der Waals surface area contributed by atoms with Crippen molar-refractivity contribution in [3.05, 3.63) is 188 Å². The van der Waals surface area contributed by atoms with Gasteiger partial charge in [-0.3, -0.25) is 4.57 Å². The lowest BCUT2D eigenvalue weighted by molar-refractivity contribution is 0.666. The largest absolute Gasteiger partial charge is 0.454 e. The molecule has 0 aliphatic carbocycles. The van der Waals surface area contributed by atoms with Crippen LogP contribution in [0.15, 0.2) is 192 Å². The molecule has 4 aromatic heterocycles. The maximum atomic E-state index is 6.78. The number of nitrogens with zero attached hydrogens (tertiary/aromatic N) is 5. The maximum Gasteiger partial charge on any atom is 0.238 e. The first-order valence-electron chi connectivity index (χ1n) is 19.1. The molecule has 0 aliphatic heterocycles. The lowest BCUT2D eigenvalue weighted by atomic mass is 10.0. The van der Waals surface area contributed by atoms with Gasteiger partial charge in [-0.15, -0.1) is 0 Å². The standard InChI is InChI=1S/C51H31N5O/c1-4-16-32(17-5-1)35-30-40-37-23-12-15-27-45(37)57-48(40)44(31-35)55-42-26-14-11-24-39(42)46-43(55)29-28-38-36-22-10-13-25-41(36)56(47(38)46)51-53-49(33-18-6-2-7-19-33)52-50(54-51)34-20-8-3-9-21-34/h1-31H. The summed E-state index contributed by atoms with van der Waals surface area (Å²) in [6.45, 7) is 0. The molecular formula is C51H31N5O. The van der Waals surface area contributed by atoms with Crippen LogP contribution in [-0.4, -0.2) is 24.1 Å². The van der Waals surface area contributed by atoms with E-state index in [4.69, 9.17) is 19.4 Å². The van der Waals surface area contributed by atoms with E-state index in [1.54, 1.807) is 0 Å². The van der Waals surface area contributed by atoms with Crippen molar-refractivity contribution in [3.8, 4) is 45.5 Å².